The molecule has 2 saturated heterocycles. The molecule has 0 bridgehead atoms. The second-order valence-corrected chi connectivity index (χ2v) is 7.03. The summed E-state index contributed by atoms with van der Waals surface area (Å²) < 4.78 is 11.1. The lowest BCUT2D eigenvalue weighted by molar-refractivity contribution is -0.176. The first-order chi connectivity index (χ1) is 11.9. The molecule has 25 heavy (non-hydrogen) atoms. The van der Waals surface area contributed by atoms with Crippen LogP contribution >= 0.6 is 0 Å². The normalized spacial score (nSPS) is 38.5. The van der Waals surface area contributed by atoms with Crippen LogP contribution in [0.1, 0.15) is 26.7 Å². The van der Waals surface area contributed by atoms with Gasteiger partial charge >= 0.3 is 11.9 Å². The van der Waals surface area contributed by atoms with E-state index in [1.165, 1.54) is 0 Å². The summed E-state index contributed by atoms with van der Waals surface area (Å²) in [5, 5.41) is 20.2. The topological polar surface area (TPSA) is 96.3 Å². The van der Waals surface area contributed by atoms with E-state index in [4.69, 9.17) is 9.47 Å². The molecule has 2 fully saturated rings. The van der Waals surface area contributed by atoms with Crippen LogP contribution < -0.4 is 0 Å². The minimum absolute atomic E-state index is 0.0273. The van der Waals surface area contributed by atoms with Crippen LogP contribution in [0, 0.1) is 5.92 Å². The molecule has 138 valence electrons. The molecular formula is C18H25NO6. The molecule has 7 nitrogen and oxygen atoms in total. The number of allylic oxidation sites excluding steroid dienone is 1. The molecule has 0 aromatic rings. The maximum Gasteiger partial charge on any atom is 0.341 e. The molecule has 2 N–H and O–H groups in total. The number of ether oxygens (including phenoxy) is 2. The summed E-state index contributed by atoms with van der Waals surface area (Å²) >= 11 is 0. The van der Waals surface area contributed by atoms with Gasteiger partial charge in [0.25, 0.3) is 0 Å². The van der Waals surface area contributed by atoms with Crippen molar-refractivity contribution in [1.29, 1.82) is 0 Å². The van der Waals surface area contributed by atoms with Crippen LogP contribution in [0.2, 0.25) is 0 Å². The van der Waals surface area contributed by atoms with Gasteiger partial charge in [0, 0.05) is 24.6 Å². The number of cyclic esters (lactones) is 1. The highest BCUT2D eigenvalue weighted by molar-refractivity contribution is 5.89. The number of aliphatic hydroxyl groups is 2. The standard InChI is InChI=1S/C18H25NO6/c1-3-12-8-11(2)18(23,10-20)17(22)24-9-13-4-6-19-7-5-14(15(13)19)25-16(12)21/h3-4,11,14-15,20,23H,5-10H2,1-2H3/b12-3-/t11-,14-,15-,18?/m1/s1. The summed E-state index contributed by atoms with van der Waals surface area (Å²) in [5.41, 5.74) is -0.796. The Balaban J connectivity index is 1.93. The average Bonchev–Trinajstić information content (AvgIpc) is 3.18. The number of carbonyl (C=O) groups excluding carboxylic acids is 2. The van der Waals surface area contributed by atoms with Crippen LogP contribution in [0.5, 0.6) is 0 Å². The third-order valence-corrected chi connectivity index (χ3v) is 5.59. The van der Waals surface area contributed by atoms with Crippen molar-refractivity contribution in [2.45, 2.75) is 44.4 Å². The van der Waals surface area contributed by atoms with Crippen LogP contribution in [-0.4, -0.2) is 71.1 Å². The second-order valence-electron chi connectivity index (χ2n) is 7.03. The van der Waals surface area contributed by atoms with E-state index < -0.39 is 30.1 Å². The average molecular weight is 351 g/mol. The fraction of sp³-hybridized carbons (Fsp3) is 0.667. The number of aliphatic hydroxyl groups excluding tert-OH is 1. The molecule has 7 heteroatoms. The highest BCUT2D eigenvalue weighted by Crippen LogP contribution is 2.34. The lowest BCUT2D eigenvalue weighted by Gasteiger charge is -2.32. The van der Waals surface area contributed by atoms with Gasteiger partial charge < -0.3 is 19.7 Å². The van der Waals surface area contributed by atoms with E-state index in [9.17, 15) is 19.8 Å². The molecular weight excluding hydrogens is 326 g/mol. The zero-order chi connectivity index (χ0) is 18.2. The molecule has 3 heterocycles. The van der Waals surface area contributed by atoms with Gasteiger partial charge in [-0.05, 0) is 25.3 Å². The predicted octanol–water partition coefficient (Wildman–Crippen LogP) is 0.165. The van der Waals surface area contributed by atoms with Crippen LogP contribution in [0.3, 0.4) is 0 Å². The molecule has 0 aromatic heterocycles. The maximum absolute atomic E-state index is 12.6. The Morgan fingerprint density at radius 2 is 2.20 bits per heavy atom. The van der Waals surface area contributed by atoms with Crippen molar-refractivity contribution < 1.29 is 29.3 Å². The van der Waals surface area contributed by atoms with Gasteiger partial charge in [0.05, 0.1) is 12.6 Å². The number of esters is 2. The number of carbonyl (C=O) groups is 2. The first-order valence-electron chi connectivity index (χ1n) is 8.70. The van der Waals surface area contributed by atoms with Crippen LogP contribution in [0.15, 0.2) is 23.3 Å². The van der Waals surface area contributed by atoms with Gasteiger partial charge in [-0.3, -0.25) is 4.90 Å². The maximum atomic E-state index is 12.6. The van der Waals surface area contributed by atoms with E-state index in [2.05, 4.69) is 4.90 Å². The van der Waals surface area contributed by atoms with Gasteiger partial charge in [-0.1, -0.05) is 19.1 Å². The second kappa shape index (κ2) is 6.90. The van der Waals surface area contributed by atoms with Gasteiger partial charge in [0.15, 0.2) is 5.60 Å². The highest BCUT2D eigenvalue weighted by atomic mass is 16.6. The Morgan fingerprint density at radius 1 is 1.44 bits per heavy atom. The van der Waals surface area contributed by atoms with Crippen molar-refractivity contribution in [2.75, 3.05) is 26.3 Å². The van der Waals surface area contributed by atoms with E-state index >= 15 is 0 Å². The largest absolute Gasteiger partial charge is 0.459 e. The first-order valence-corrected chi connectivity index (χ1v) is 8.70. The minimum Gasteiger partial charge on any atom is -0.459 e. The molecule has 0 aliphatic carbocycles. The first kappa shape index (κ1) is 18.1. The van der Waals surface area contributed by atoms with Gasteiger partial charge in [0.2, 0.25) is 0 Å². The van der Waals surface area contributed by atoms with Gasteiger partial charge in [-0.15, -0.1) is 0 Å². The van der Waals surface area contributed by atoms with Crippen molar-refractivity contribution >= 4 is 11.9 Å². The van der Waals surface area contributed by atoms with E-state index in [1.807, 2.05) is 6.08 Å². The van der Waals surface area contributed by atoms with Crippen molar-refractivity contribution in [3.63, 3.8) is 0 Å². The van der Waals surface area contributed by atoms with Crippen LogP contribution in [0.25, 0.3) is 0 Å². The minimum atomic E-state index is -2.05. The predicted molar refractivity (Wildman–Crippen MR) is 88.5 cm³/mol. The zero-order valence-corrected chi connectivity index (χ0v) is 14.6. The SMILES string of the molecule is C/C=C1/C[C@@H](C)C(O)(CO)C(=O)OCC2=CCN3CC[C@@H](OC1=O)[C@@H]23. The molecule has 0 saturated carbocycles. The van der Waals surface area contributed by atoms with Gasteiger partial charge in [-0.2, -0.15) is 0 Å². The van der Waals surface area contributed by atoms with Gasteiger partial charge in [-0.25, -0.2) is 9.59 Å². The Kier molecular flexibility index (Phi) is 4.99. The fourth-order valence-electron chi connectivity index (χ4n) is 3.85. The molecule has 0 radical (unpaired) electrons. The Bertz CT molecular complexity index is 627. The Morgan fingerprint density at radius 3 is 2.88 bits per heavy atom. The number of hydrogen-bond donors (Lipinski definition) is 2. The van der Waals surface area contributed by atoms with E-state index in [-0.39, 0.29) is 25.2 Å². The Hall–Kier alpha value is -1.70. The van der Waals surface area contributed by atoms with E-state index in [0.29, 0.717) is 5.57 Å². The quantitative estimate of drug-likeness (QED) is 0.395. The Labute approximate surface area is 146 Å². The summed E-state index contributed by atoms with van der Waals surface area (Å²) in [4.78, 5) is 27.2. The third-order valence-electron chi connectivity index (χ3n) is 5.59. The summed E-state index contributed by atoms with van der Waals surface area (Å²) in [5.74, 6) is -1.99. The molecule has 3 aliphatic heterocycles. The molecule has 0 amide bonds. The molecule has 4 atom stereocenters. The molecule has 0 spiro atoms. The number of nitrogens with zero attached hydrogens (tertiary/aromatic N) is 1. The highest BCUT2D eigenvalue weighted by Gasteiger charge is 2.46. The summed E-state index contributed by atoms with van der Waals surface area (Å²) in [6, 6.07) is -0.0890. The van der Waals surface area contributed by atoms with Crippen molar-refractivity contribution in [2.24, 2.45) is 5.92 Å². The van der Waals surface area contributed by atoms with Crippen molar-refractivity contribution in [3.8, 4) is 0 Å². The van der Waals surface area contributed by atoms with E-state index in [0.717, 1.165) is 25.1 Å². The number of hydrogen-bond acceptors (Lipinski definition) is 7. The van der Waals surface area contributed by atoms with Crippen molar-refractivity contribution in [1.82, 2.24) is 4.90 Å². The third kappa shape index (κ3) is 3.12. The number of rotatable bonds is 1. The van der Waals surface area contributed by atoms with Gasteiger partial charge in [0.1, 0.15) is 12.7 Å². The fourth-order valence-corrected chi connectivity index (χ4v) is 3.85. The molecule has 3 rings (SSSR count). The summed E-state index contributed by atoms with van der Waals surface area (Å²) in [7, 11) is 0. The smallest absolute Gasteiger partial charge is 0.341 e. The summed E-state index contributed by atoms with van der Waals surface area (Å²) in [6.45, 7) is 4.12. The van der Waals surface area contributed by atoms with E-state index in [1.54, 1.807) is 19.9 Å². The molecule has 3 aliphatic rings. The van der Waals surface area contributed by atoms with Crippen LogP contribution in [-0.2, 0) is 19.1 Å². The van der Waals surface area contributed by atoms with Crippen molar-refractivity contribution in [3.05, 3.63) is 23.3 Å². The van der Waals surface area contributed by atoms with Crippen LogP contribution in [0.4, 0.5) is 0 Å². The summed E-state index contributed by atoms with van der Waals surface area (Å²) in [6.07, 6.45) is 4.20. The monoisotopic (exact) mass is 351 g/mol. The zero-order valence-electron chi connectivity index (χ0n) is 14.6. The lowest BCUT2D eigenvalue weighted by atomic mass is 9.84. The lowest BCUT2D eigenvalue weighted by Crippen LogP contribution is -2.50. The molecule has 0 aromatic carbocycles. The molecule has 1 unspecified atom stereocenters.